The van der Waals surface area contributed by atoms with Crippen molar-refractivity contribution in [3.05, 3.63) is 52.5 Å². The number of amides is 1. The Balaban J connectivity index is 1.28. The number of carbonyl (C=O) groups excluding carboxylic acids is 1. The number of hydrogen-bond acceptors (Lipinski definition) is 5. The number of carbonyl (C=O) groups is 1. The lowest BCUT2D eigenvalue weighted by atomic mass is 10.1. The summed E-state index contributed by atoms with van der Waals surface area (Å²) in [6, 6.07) is 12.0. The molecule has 7 heteroatoms. The van der Waals surface area contributed by atoms with Crippen LogP contribution in [0.5, 0.6) is 11.5 Å². The van der Waals surface area contributed by atoms with E-state index in [1.807, 2.05) is 30.3 Å². The molecule has 0 saturated carbocycles. The zero-order valence-corrected chi connectivity index (χ0v) is 18.8. The zero-order valence-electron chi connectivity index (χ0n) is 18.0. The molecule has 0 aliphatic carbocycles. The molecule has 166 valence electrons. The molecule has 0 atom stereocenters. The molecule has 0 radical (unpaired) electrons. The molecule has 1 N–H and O–H groups in total. The Morgan fingerprint density at radius 1 is 1.06 bits per heavy atom. The predicted octanol–water partition coefficient (Wildman–Crippen LogP) is 3.82. The van der Waals surface area contributed by atoms with Crippen molar-refractivity contribution in [1.29, 1.82) is 0 Å². The van der Waals surface area contributed by atoms with Gasteiger partial charge in [-0.1, -0.05) is 36.7 Å². The maximum atomic E-state index is 12.5. The van der Waals surface area contributed by atoms with E-state index in [0.29, 0.717) is 30.5 Å². The highest BCUT2D eigenvalue weighted by Gasteiger charge is 2.21. The molecule has 1 amide bonds. The van der Waals surface area contributed by atoms with E-state index in [2.05, 4.69) is 28.1 Å². The van der Waals surface area contributed by atoms with Gasteiger partial charge in [0.05, 0.1) is 24.8 Å². The molecule has 2 heterocycles. The number of benzene rings is 2. The molecular weight excluding hydrogens is 414 g/mol. The highest BCUT2D eigenvalue weighted by atomic mass is 35.5. The molecule has 0 aromatic heterocycles. The van der Waals surface area contributed by atoms with Crippen LogP contribution < -0.4 is 14.8 Å². The largest absolute Gasteiger partial charge is 0.489 e. The van der Waals surface area contributed by atoms with Crippen LogP contribution >= 0.6 is 11.6 Å². The SMILES string of the molecule is CCc1ccccc1NC(=O)CN1CCN(Cc2cc(Cl)c3c(c2)OCCCO3)CC1. The van der Waals surface area contributed by atoms with Gasteiger partial charge >= 0.3 is 0 Å². The van der Waals surface area contributed by atoms with Gasteiger partial charge in [0.2, 0.25) is 5.91 Å². The van der Waals surface area contributed by atoms with Crippen molar-refractivity contribution in [2.75, 3.05) is 51.3 Å². The van der Waals surface area contributed by atoms with E-state index < -0.39 is 0 Å². The summed E-state index contributed by atoms with van der Waals surface area (Å²) in [6.07, 6.45) is 1.76. The minimum atomic E-state index is 0.0454. The van der Waals surface area contributed by atoms with Gasteiger partial charge in [-0.15, -0.1) is 0 Å². The molecule has 6 nitrogen and oxygen atoms in total. The number of rotatable bonds is 6. The van der Waals surface area contributed by atoms with Crippen LogP contribution in [0.3, 0.4) is 0 Å². The summed E-state index contributed by atoms with van der Waals surface area (Å²) in [5.41, 5.74) is 3.20. The van der Waals surface area contributed by atoms with Gasteiger partial charge in [0.15, 0.2) is 11.5 Å². The number of anilines is 1. The first-order valence-corrected chi connectivity index (χ1v) is 11.4. The van der Waals surface area contributed by atoms with E-state index in [4.69, 9.17) is 21.1 Å². The third-order valence-corrected chi connectivity index (χ3v) is 6.05. The number of aryl methyl sites for hydroxylation is 1. The Labute approximate surface area is 189 Å². The van der Waals surface area contributed by atoms with Crippen LogP contribution in [0, 0.1) is 0 Å². The van der Waals surface area contributed by atoms with Gasteiger partial charge in [-0.25, -0.2) is 0 Å². The van der Waals surface area contributed by atoms with Crippen LogP contribution in [-0.4, -0.2) is 61.6 Å². The van der Waals surface area contributed by atoms with Crippen molar-refractivity contribution >= 4 is 23.2 Å². The second kappa shape index (κ2) is 10.4. The zero-order chi connectivity index (χ0) is 21.6. The lowest BCUT2D eigenvalue weighted by Gasteiger charge is -2.34. The summed E-state index contributed by atoms with van der Waals surface area (Å²) >= 11 is 6.43. The predicted molar refractivity (Wildman–Crippen MR) is 123 cm³/mol. The van der Waals surface area contributed by atoms with Crippen LogP contribution in [0.2, 0.25) is 5.02 Å². The van der Waals surface area contributed by atoms with E-state index in [-0.39, 0.29) is 5.91 Å². The van der Waals surface area contributed by atoms with Crippen LogP contribution in [0.15, 0.2) is 36.4 Å². The van der Waals surface area contributed by atoms with Gasteiger partial charge in [0.1, 0.15) is 0 Å². The van der Waals surface area contributed by atoms with Crippen molar-refractivity contribution < 1.29 is 14.3 Å². The third kappa shape index (κ3) is 5.70. The van der Waals surface area contributed by atoms with Crippen LogP contribution in [0.25, 0.3) is 0 Å². The molecular formula is C24H30ClN3O3. The first-order valence-electron chi connectivity index (χ1n) is 11.0. The summed E-state index contributed by atoms with van der Waals surface area (Å²) < 4.78 is 11.5. The molecule has 1 saturated heterocycles. The summed E-state index contributed by atoms with van der Waals surface area (Å²) in [6.45, 7) is 8.14. The molecule has 0 spiro atoms. The molecule has 2 aliphatic rings. The molecule has 2 aromatic carbocycles. The summed E-state index contributed by atoms with van der Waals surface area (Å²) in [5.74, 6) is 1.44. The van der Waals surface area contributed by atoms with Gasteiger partial charge < -0.3 is 14.8 Å². The number of piperazine rings is 1. The van der Waals surface area contributed by atoms with Crippen LogP contribution in [0.4, 0.5) is 5.69 Å². The summed E-state index contributed by atoms with van der Waals surface area (Å²) in [7, 11) is 0. The highest BCUT2D eigenvalue weighted by molar-refractivity contribution is 6.32. The average Bonchev–Trinajstić information content (AvgIpc) is 3.01. The second-order valence-electron chi connectivity index (χ2n) is 8.07. The number of halogens is 1. The fourth-order valence-corrected chi connectivity index (χ4v) is 4.37. The number of para-hydroxylation sites is 1. The standard InChI is InChI=1S/C24H30ClN3O3/c1-2-19-6-3-4-7-21(19)26-23(29)17-28-10-8-27(9-11-28)16-18-14-20(25)24-22(15-18)30-12-5-13-31-24/h3-4,6-7,14-15H,2,5,8-13,16-17H2,1H3,(H,26,29). The van der Waals surface area contributed by atoms with E-state index >= 15 is 0 Å². The highest BCUT2D eigenvalue weighted by Crippen LogP contribution is 2.38. The molecule has 2 aromatic rings. The molecule has 0 unspecified atom stereocenters. The van der Waals surface area contributed by atoms with Gasteiger partial charge in [-0.05, 0) is 35.7 Å². The average molecular weight is 444 g/mol. The minimum absolute atomic E-state index is 0.0454. The fraction of sp³-hybridized carbons (Fsp3) is 0.458. The fourth-order valence-electron chi connectivity index (χ4n) is 4.08. The van der Waals surface area contributed by atoms with Crippen molar-refractivity contribution in [1.82, 2.24) is 9.80 Å². The molecule has 1 fully saturated rings. The Hall–Kier alpha value is -2.28. The Morgan fingerprint density at radius 3 is 2.61 bits per heavy atom. The van der Waals surface area contributed by atoms with Crippen LogP contribution in [0.1, 0.15) is 24.5 Å². The van der Waals surface area contributed by atoms with Crippen molar-refractivity contribution in [3.8, 4) is 11.5 Å². The molecule has 4 rings (SSSR count). The van der Waals surface area contributed by atoms with Crippen molar-refractivity contribution in [3.63, 3.8) is 0 Å². The van der Waals surface area contributed by atoms with Crippen molar-refractivity contribution in [2.45, 2.75) is 26.3 Å². The second-order valence-corrected chi connectivity index (χ2v) is 8.47. The van der Waals surface area contributed by atoms with Crippen molar-refractivity contribution in [2.24, 2.45) is 0 Å². The van der Waals surface area contributed by atoms with E-state index in [1.54, 1.807) is 0 Å². The number of ether oxygens (including phenoxy) is 2. The Morgan fingerprint density at radius 2 is 1.81 bits per heavy atom. The third-order valence-electron chi connectivity index (χ3n) is 5.77. The molecule has 2 aliphatic heterocycles. The topological polar surface area (TPSA) is 54.0 Å². The van der Waals surface area contributed by atoms with E-state index in [9.17, 15) is 4.79 Å². The quantitative estimate of drug-likeness (QED) is 0.735. The molecule has 0 bridgehead atoms. The first kappa shape index (κ1) is 21.9. The maximum absolute atomic E-state index is 12.5. The normalized spacial score (nSPS) is 17.2. The monoisotopic (exact) mass is 443 g/mol. The number of nitrogens with zero attached hydrogens (tertiary/aromatic N) is 2. The maximum Gasteiger partial charge on any atom is 0.238 e. The van der Waals surface area contributed by atoms with Gasteiger partial charge in [0, 0.05) is 44.8 Å². The summed E-state index contributed by atoms with van der Waals surface area (Å²) in [5, 5.41) is 3.67. The Bertz CT molecular complexity index is 913. The smallest absolute Gasteiger partial charge is 0.238 e. The molecule has 31 heavy (non-hydrogen) atoms. The summed E-state index contributed by atoms with van der Waals surface area (Å²) in [4.78, 5) is 17.1. The lowest BCUT2D eigenvalue weighted by Crippen LogP contribution is -2.48. The number of hydrogen-bond donors (Lipinski definition) is 1. The van der Waals surface area contributed by atoms with E-state index in [0.717, 1.165) is 68.1 Å². The first-order chi connectivity index (χ1) is 15.1. The van der Waals surface area contributed by atoms with Gasteiger partial charge in [-0.2, -0.15) is 0 Å². The Kier molecular flexibility index (Phi) is 7.33. The number of nitrogens with one attached hydrogen (secondary N) is 1. The van der Waals surface area contributed by atoms with Crippen LogP contribution in [-0.2, 0) is 17.8 Å². The lowest BCUT2D eigenvalue weighted by molar-refractivity contribution is -0.117. The van der Waals surface area contributed by atoms with Gasteiger partial charge in [-0.3, -0.25) is 14.6 Å². The van der Waals surface area contributed by atoms with E-state index in [1.165, 1.54) is 0 Å². The minimum Gasteiger partial charge on any atom is -0.489 e. The number of fused-ring (bicyclic) bond motifs is 1. The van der Waals surface area contributed by atoms with Gasteiger partial charge in [0.25, 0.3) is 0 Å².